The van der Waals surface area contributed by atoms with Gasteiger partial charge in [-0.1, -0.05) is 26.7 Å². The Morgan fingerprint density at radius 2 is 2.05 bits per heavy atom. The zero-order valence-electron chi connectivity index (χ0n) is 11.9. The van der Waals surface area contributed by atoms with Crippen LogP contribution in [0.5, 0.6) is 0 Å². The van der Waals surface area contributed by atoms with Crippen molar-refractivity contribution >= 4 is 27.3 Å². The van der Waals surface area contributed by atoms with Crippen molar-refractivity contribution in [3.8, 4) is 0 Å². The van der Waals surface area contributed by atoms with Crippen LogP contribution >= 0.6 is 27.3 Å². The summed E-state index contributed by atoms with van der Waals surface area (Å²) in [5.41, 5.74) is 6.11. The molecule has 0 spiro atoms. The Morgan fingerprint density at radius 1 is 1.37 bits per heavy atom. The molecule has 2 N–H and O–H groups in total. The summed E-state index contributed by atoms with van der Waals surface area (Å²) in [5.74, 6) is 0.693. The summed E-state index contributed by atoms with van der Waals surface area (Å²) in [5, 5.41) is 0. The lowest BCUT2D eigenvalue weighted by Gasteiger charge is -2.36. The first-order chi connectivity index (χ1) is 9.11. The molecule has 19 heavy (non-hydrogen) atoms. The van der Waals surface area contributed by atoms with Crippen molar-refractivity contribution in [2.24, 2.45) is 11.7 Å². The lowest BCUT2D eigenvalue weighted by Crippen LogP contribution is -2.42. The molecule has 2 rings (SSSR count). The number of halogens is 1. The van der Waals surface area contributed by atoms with Gasteiger partial charge in [-0.3, -0.25) is 4.90 Å². The van der Waals surface area contributed by atoms with Crippen LogP contribution in [-0.2, 0) is 0 Å². The van der Waals surface area contributed by atoms with Gasteiger partial charge in [0.05, 0.1) is 9.83 Å². The molecule has 0 amide bonds. The Labute approximate surface area is 129 Å². The van der Waals surface area contributed by atoms with Gasteiger partial charge in [-0.05, 0) is 46.8 Å². The zero-order valence-corrected chi connectivity index (χ0v) is 14.3. The van der Waals surface area contributed by atoms with Crippen molar-refractivity contribution < 1.29 is 0 Å². The molecule has 0 saturated heterocycles. The largest absolute Gasteiger partial charge is 0.329 e. The van der Waals surface area contributed by atoms with Crippen molar-refractivity contribution in [3.05, 3.63) is 20.8 Å². The first-order valence-electron chi connectivity index (χ1n) is 7.33. The minimum absolute atomic E-state index is 0.391. The SMILES string of the molecule is CC(C)CN(C1CCCC1)C(CN)c1ccc(Br)s1. The lowest BCUT2D eigenvalue weighted by atomic mass is 10.1. The summed E-state index contributed by atoms with van der Waals surface area (Å²) in [6.45, 7) is 6.48. The summed E-state index contributed by atoms with van der Waals surface area (Å²) in [6.07, 6.45) is 5.45. The first-order valence-corrected chi connectivity index (χ1v) is 8.93. The summed E-state index contributed by atoms with van der Waals surface area (Å²) >= 11 is 5.40. The van der Waals surface area contributed by atoms with E-state index in [2.05, 4.69) is 46.8 Å². The quantitative estimate of drug-likeness (QED) is 0.827. The molecule has 1 atom stereocenters. The van der Waals surface area contributed by atoms with E-state index >= 15 is 0 Å². The molecule has 1 aromatic rings. The normalized spacial score (nSPS) is 18.6. The minimum atomic E-state index is 0.391. The van der Waals surface area contributed by atoms with Crippen LogP contribution in [0.2, 0.25) is 0 Å². The number of hydrogen-bond donors (Lipinski definition) is 1. The molecule has 2 nitrogen and oxygen atoms in total. The van der Waals surface area contributed by atoms with Gasteiger partial charge in [0.2, 0.25) is 0 Å². The smallest absolute Gasteiger partial charge is 0.0702 e. The zero-order chi connectivity index (χ0) is 13.8. The number of thiophene rings is 1. The predicted molar refractivity (Wildman–Crippen MR) is 87.6 cm³/mol. The molecular weight excluding hydrogens is 320 g/mol. The van der Waals surface area contributed by atoms with Crippen molar-refractivity contribution in [1.82, 2.24) is 4.90 Å². The Bertz CT molecular complexity index is 385. The van der Waals surface area contributed by atoms with Crippen molar-refractivity contribution in [2.75, 3.05) is 13.1 Å². The van der Waals surface area contributed by atoms with Gasteiger partial charge in [0.1, 0.15) is 0 Å². The second-order valence-electron chi connectivity index (χ2n) is 5.92. The lowest BCUT2D eigenvalue weighted by molar-refractivity contribution is 0.123. The molecule has 1 aliphatic carbocycles. The van der Waals surface area contributed by atoms with Crippen molar-refractivity contribution in [3.63, 3.8) is 0 Å². The maximum absolute atomic E-state index is 6.11. The van der Waals surface area contributed by atoms with Crippen LogP contribution in [0.4, 0.5) is 0 Å². The topological polar surface area (TPSA) is 29.3 Å². The number of hydrogen-bond acceptors (Lipinski definition) is 3. The fourth-order valence-electron chi connectivity index (χ4n) is 3.11. The molecule has 0 aliphatic heterocycles. The van der Waals surface area contributed by atoms with E-state index in [0.29, 0.717) is 12.0 Å². The van der Waals surface area contributed by atoms with Gasteiger partial charge in [-0.15, -0.1) is 11.3 Å². The number of nitrogens with two attached hydrogens (primary N) is 1. The van der Waals surface area contributed by atoms with E-state index in [9.17, 15) is 0 Å². The van der Waals surface area contributed by atoms with E-state index in [4.69, 9.17) is 5.73 Å². The van der Waals surface area contributed by atoms with E-state index in [1.54, 1.807) is 0 Å². The summed E-state index contributed by atoms with van der Waals surface area (Å²) in [4.78, 5) is 4.08. The molecule has 0 aromatic carbocycles. The Morgan fingerprint density at radius 3 is 2.53 bits per heavy atom. The standard InChI is InChI=1S/C15H25BrN2S/c1-11(2)10-18(12-5-3-4-6-12)13(9-17)14-7-8-15(16)19-14/h7-8,11-13H,3-6,9-10,17H2,1-2H3. The average molecular weight is 345 g/mol. The molecule has 1 heterocycles. The summed E-state index contributed by atoms with van der Waals surface area (Å²) in [6, 6.07) is 5.50. The predicted octanol–water partition coefficient (Wildman–Crippen LogP) is 4.41. The third-order valence-corrected chi connectivity index (χ3v) is 5.64. The molecule has 1 fully saturated rings. The number of rotatable bonds is 6. The maximum Gasteiger partial charge on any atom is 0.0702 e. The minimum Gasteiger partial charge on any atom is -0.329 e. The van der Waals surface area contributed by atoms with Crippen LogP contribution in [-0.4, -0.2) is 24.0 Å². The monoisotopic (exact) mass is 344 g/mol. The molecule has 4 heteroatoms. The Kier molecular flexibility index (Phi) is 5.87. The van der Waals surface area contributed by atoms with Crippen molar-refractivity contribution in [1.29, 1.82) is 0 Å². The average Bonchev–Trinajstić information content (AvgIpc) is 2.99. The molecule has 1 unspecified atom stereocenters. The van der Waals surface area contributed by atoms with Gasteiger partial charge in [0.15, 0.2) is 0 Å². The summed E-state index contributed by atoms with van der Waals surface area (Å²) < 4.78 is 1.21. The van der Waals surface area contributed by atoms with E-state index in [-0.39, 0.29) is 0 Å². The van der Waals surface area contributed by atoms with Crippen molar-refractivity contribution in [2.45, 2.75) is 51.6 Å². The van der Waals surface area contributed by atoms with Crippen LogP contribution in [0, 0.1) is 5.92 Å². The molecule has 1 aromatic heterocycles. The molecule has 1 aliphatic rings. The van der Waals surface area contributed by atoms with Gasteiger partial charge in [-0.2, -0.15) is 0 Å². The molecule has 1 saturated carbocycles. The Balaban J connectivity index is 2.18. The first kappa shape index (κ1) is 15.5. The molecule has 0 bridgehead atoms. The molecular formula is C15H25BrN2S. The molecule has 108 valence electrons. The second kappa shape index (κ2) is 7.21. The Hall–Kier alpha value is 0.1000. The maximum atomic E-state index is 6.11. The fraction of sp³-hybridized carbons (Fsp3) is 0.733. The number of nitrogens with zero attached hydrogens (tertiary/aromatic N) is 1. The van der Waals surface area contributed by atoms with E-state index in [1.807, 2.05) is 11.3 Å². The second-order valence-corrected chi connectivity index (χ2v) is 8.42. The van der Waals surface area contributed by atoms with Crippen LogP contribution in [0.1, 0.15) is 50.4 Å². The van der Waals surface area contributed by atoms with Gasteiger partial charge in [0.25, 0.3) is 0 Å². The fourth-order valence-corrected chi connectivity index (χ4v) is 4.67. The van der Waals surface area contributed by atoms with E-state index in [0.717, 1.165) is 19.1 Å². The highest BCUT2D eigenvalue weighted by Gasteiger charge is 2.30. The third-order valence-electron chi connectivity index (χ3n) is 3.92. The van der Waals surface area contributed by atoms with E-state index < -0.39 is 0 Å². The third kappa shape index (κ3) is 4.03. The van der Waals surface area contributed by atoms with Crippen LogP contribution in [0.15, 0.2) is 15.9 Å². The van der Waals surface area contributed by atoms with Gasteiger partial charge in [-0.25, -0.2) is 0 Å². The highest BCUT2D eigenvalue weighted by Crippen LogP contribution is 2.35. The van der Waals surface area contributed by atoms with Gasteiger partial charge < -0.3 is 5.73 Å². The summed E-state index contributed by atoms with van der Waals surface area (Å²) in [7, 11) is 0. The van der Waals surface area contributed by atoms with Gasteiger partial charge >= 0.3 is 0 Å². The van der Waals surface area contributed by atoms with Crippen LogP contribution in [0.25, 0.3) is 0 Å². The molecule has 0 radical (unpaired) electrons. The van der Waals surface area contributed by atoms with Crippen LogP contribution < -0.4 is 5.73 Å². The van der Waals surface area contributed by atoms with Crippen LogP contribution in [0.3, 0.4) is 0 Å². The van der Waals surface area contributed by atoms with E-state index in [1.165, 1.54) is 34.3 Å². The highest BCUT2D eigenvalue weighted by atomic mass is 79.9. The van der Waals surface area contributed by atoms with Gasteiger partial charge in [0, 0.05) is 24.0 Å². The highest BCUT2D eigenvalue weighted by molar-refractivity contribution is 9.11.